The molecular formula is C43H40N2. The number of allylic oxidation sites excluding steroid dienone is 10. The highest BCUT2D eigenvalue weighted by atomic mass is 15.2. The zero-order valence-electron chi connectivity index (χ0n) is 26.0. The molecule has 2 nitrogen and oxygen atoms in total. The van der Waals surface area contributed by atoms with E-state index in [9.17, 15) is 0 Å². The van der Waals surface area contributed by atoms with Gasteiger partial charge in [-0.15, -0.1) is 0 Å². The van der Waals surface area contributed by atoms with Gasteiger partial charge in [0.2, 0.25) is 0 Å². The van der Waals surface area contributed by atoms with Crippen LogP contribution in [-0.4, -0.2) is 6.04 Å². The first-order valence-corrected chi connectivity index (χ1v) is 16.2. The summed E-state index contributed by atoms with van der Waals surface area (Å²) in [5.74, 6) is 0. The molecule has 1 atom stereocenters. The summed E-state index contributed by atoms with van der Waals surface area (Å²) in [4.78, 5) is 4.93. The van der Waals surface area contributed by atoms with Crippen molar-refractivity contribution >= 4 is 22.6 Å². The summed E-state index contributed by atoms with van der Waals surface area (Å²) in [5.41, 5.74) is 12.7. The summed E-state index contributed by atoms with van der Waals surface area (Å²) in [7, 11) is 0. The molecule has 0 N–H and O–H groups in total. The third-order valence-corrected chi connectivity index (χ3v) is 8.99. The number of hydrogen-bond acceptors (Lipinski definition) is 2. The van der Waals surface area contributed by atoms with Gasteiger partial charge in [-0.1, -0.05) is 115 Å². The third kappa shape index (κ3) is 6.42. The lowest BCUT2D eigenvalue weighted by atomic mass is 9.95. The van der Waals surface area contributed by atoms with Gasteiger partial charge in [0, 0.05) is 28.5 Å². The minimum Gasteiger partial charge on any atom is -0.334 e. The van der Waals surface area contributed by atoms with E-state index in [-0.39, 0.29) is 6.04 Å². The van der Waals surface area contributed by atoms with Gasteiger partial charge in [0.1, 0.15) is 0 Å². The van der Waals surface area contributed by atoms with E-state index in [1.54, 1.807) is 0 Å². The fourth-order valence-electron chi connectivity index (χ4n) is 6.57. The number of para-hydroxylation sites is 1. The normalized spacial score (nSPS) is 17.4. The van der Waals surface area contributed by atoms with Crippen LogP contribution in [0.15, 0.2) is 169 Å². The van der Waals surface area contributed by atoms with E-state index in [0.29, 0.717) is 0 Å². The Morgan fingerprint density at radius 1 is 0.578 bits per heavy atom. The van der Waals surface area contributed by atoms with Crippen molar-refractivity contribution in [1.29, 1.82) is 0 Å². The second-order valence-electron chi connectivity index (χ2n) is 12.1. The SMILES string of the molecule is Cc1ccc(-c2ccc(N(c3ccccc3)C3C=CC(c4ccc(N(C5=CC=CCC5)C5=CC=CCC5)cc4)=CC3)cc2)cc1. The van der Waals surface area contributed by atoms with Gasteiger partial charge in [0.05, 0.1) is 6.04 Å². The maximum Gasteiger partial charge on any atom is 0.0560 e. The smallest absolute Gasteiger partial charge is 0.0560 e. The van der Waals surface area contributed by atoms with Crippen molar-refractivity contribution in [3.05, 3.63) is 180 Å². The molecule has 3 aliphatic carbocycles. The Labute approximate surface area is 268 Å². The van der Waals surface area contributed by atoms with E-state index in [2.05, 4.69) is 175 Å². The van der Waals surface area contributed by atoms with Crippen LogP contribution in [-0.2, 0) is 0 Å². The number of rotatable bonds is 8. The highest BCUT2D eigenvalue weighted by Crippen LogP contribution is 2.36. The van der Waals surface area contributed by atoms with Gasteiger partial charge in [-0.05, 0) is 110 Å². The number of anilines is 3. The van der Waals surface area contributed by atoms with Crippen LogP contribution >= 0.6 is 0 Å². The molecule has 1 unspecified atom stereocenters. The molecule has 222 valence electrons. The average Bonchev–Trinajstić information content (AvgIpc) is 3.11. The van der Waals surface area contributed by atoms with Gasteiger partial charge < -0.3 is 9.80 Å². The molecule has 0 heterocycles. The van der Waals surface area contributed by atoms with Crippen molar-refractivity contribution in [3.63, 3.8) is 0 Å². The van der Waals surface area contributed by atoms with Crippen LogP contribution in [0.1, 0.15) is 43.2 Å². The Balaban J connectivity index is 1.12. The van der Waals surface area contributed by atoms with E-state index in [1.807, 2.05) is 0 Å². The van der Waals surface area contributed by atoms with Gasteiger partial charge in [0.25, 0.3) is 0 Å². The molecule has 0 amide bonds. The molecule has 0 fully saturated rings. The van der Waals surface area contributed by atoms with Crippen LogP contribution in [0.4, 0.5) is 17.1 Å². The molecule has 0 radical (unpaired) electrons. The predicted molar refractivity (Wildman–Crippen MR) is 193 cm³/mol. The van der Waals surface area contributed by atoms with Gasteiger partial charge >= 0.3 is 0 Å². The van der Waals surface area contributed by atoms with Crippen molar-refractivity contribution in [2.45, 2.75) is 45.1 Å². The largest absolute Gasteiger partial charge is 0.334 e. The summed E-state index contributed by atoms with van der Waals surface area (Å²) in [6.07, 6.45) is 25.8. The minimum atomic E-state index is 0.230. The fraction of sp³-hybridized carbons (Fsp3) is 0.163. The minimum absolute atomic E-state index is 0.230. The second kappa shape index (κ2) is 13.3. The molecule has 4 aromatic carbocycles. The summed E-state index contributed by atoms with van der Waals surface area (Å²) >= 11 is 0. The topological polar surface area (TPSA) is 6.48 Å². The number of hydrogen-bond donors (Lipinski definition) is 0. The Bertz CT molecular complexity index is 1770. The van der Waals surface area contributed by atoms with E-state index in [0.717, 1.165) is 32.1 Å². The monoisotopic (exact) mass is 584 g/mol. The van der Waals surface area contributed by atoms with Crippen LogP contribution < -0.4 is 9.80 Å². The molecule has 4 aromatic rings. The molecular weight excluding hydrogens is 544 g/mol. The van der Waals surface area contributed by atoms with Gasteiger partial charge in [0.15, 0.2) is 0 Å². The lowest BCUT2D eigenvalue weighted by molar-refractivity contribution is 0.787. The zero-order chi connectivity index (χ0) is 30.4. The fourth-order valence-corrected chi connectivity index (χ4v) is 6.57. The van der Waals surface area contributed by atoms with Crippen LogP contribution in [0.5, 0.6) is 0 Å². The Hall–Kier alpha value is -5.08. The molecule has 0 saturated heterocycles. The summed E-state index contributed by atoms with van der Waals surface area (Å²) in [6, 6.07) is 37.9. The van der Waals surface area contributed by atoms with E-state index < -0.39 is 0 Å². The van der Waals surface area contributed by atoms with Crippen molar-refractivity contribution in [3.8, 4) is 11.1 Å². The lowest BCUT2D eigenvalue weighted by Crippen LogP contribution is -2.30. The Morgan fingerprint density at radius 3 is 1.69 bits per heavy atom. The molecule has 7 rings (SSSR count). The van der Waals surface area contributed by atoms with Crippen LogP contribution in [0.3, 0.4) is 0 Å². The summed E-state index contributed by atoms with van der Waals surface area (Å²) in [6.45, 7) is 2.13. The molecule has 0 aromatic heterocycles. The standard InChI is InChI=1S/C43H40N2/c1-33-17-19-34(20-18-33)35-21-29-42(30-22-35)45(40-15-9-4-10-16-40)43-31-25-37(26-32-43)36-23-27-41(28-24-36)44(38-11-5-2-6-12-38)39-13-7-3-8-14-39/h2-5,7,9-11,13,15-31,43H,6,8,12,14,32H2,1H3. The highest BCUT2D eigenvalue weighted by molar-refractivity contribution is 5.78. The van der Waals surface area contributed by atoms with Crippen molar-refractivity contribution in [2.75, 3.05) is 9.80 Å². The first-order valence-electron chi connectivity index (χ1n) is 16.2. The third-order valence-electron chi connectivity index (χ3n) is 8.99. The average molecular weight is 585 g/mol. The van der Waals surface area contributed by atoms with Crippen molar-refractivity contribution in [1.82, 2.24) is 0 Å². The first-order chi connectivity index (χ1) is 22.2. The quantitative estimate of drug-likeness (QED) is 0.203. The molecule has 3 aliphatic rings. The first kappa shape index (κ1) is 28.7. The highest BCUT2D eigenvalue weighted by Gasteiger charge is 2.22. The molecule has 0 bridgehead atoms. The molecule has 45 heavy (non-hydrogen) atoms. The summed E-state index contributed by atoms with van der Waals surface area (Å²) in [5, 5.41) is 0. The lowest BCUT2D eigenvalue weighted by Gasteiger charge is -2.33. The van der Waals surface area contributed by atoms with E-state index >= 15 is 0 Å². The maximum atomic E-state index is 2.47. The van der Waals surface area contributed by atoms with E-state index in [1.165, 1.54) is 56.3 Å². The zero-order valence-corrected chi connectivity index (χ0v) is 26.0. The van der Waals surface area contributed by atoms with E-state index in [4.69, 9.17) is 0 Å². The second-order valence-corrected chi connectivity index (χ2v) is 12.1. The predicted octanol–water partition coefficient (Wildman–Crippen LogP) is 11.5. The molecule has 0 aliphatic heterocycles. The Kier molecular flexibility index (Phi) is 8.46. The van der Waals surface area contributed by atoms with Crippen molar-refractivity contribution in [2.24, 2.45) is 0 Å². The van der Waals surface area contributed by atoms with Gasteiger partial charge in [-0.2, -0.15) is 0 Å². The van der Waals surface area contributed by atoms with Crippen LogP contribution in [0, 0.1) is 6.92 Å². The Morgan fingerprint density at radius 2 is 1.13 bits per heavy atom. The van der Waals surface area contributed by atoms with Crippen LogP contribution in [0.25, 0.3) is 16.7 Å². The summed E-state index contributed by atoms with van der Waals surface area (Å²) < 4.78 is 0. The number of nitrogens with zero attached hydrogens (tertiary/aromatic N) is 2. The van der Waals surface area contributed by atoms with Gasteiger partial charge in [-0.25, -0.2) is 0 Å². The van der Waals surface area contributed by atoms with Gasteiger partial charge in [-0.3, -0.25) is 0 Å². The molecule has 0 saturated carbocycles. The molecule has 2 heteroatoms. The number of aryl methyl sites for hydroxylation is 1. The maximum absolute atomic E-state index is 2.47. The van der Waals surface area contributed by atoms with Crippen LogP contribution in [0.2, 0.25) is 0 Å². The van der Waals surface area contributed by atoms with Crippen molar-refractivity contribution < 1.29 is 0 Å². The number of benzene rings is 4. The molecule has 0 spiro atoms.